The van der Waals surface area contributed by atoms with Gasteiger partial charge >= 0.3 is 5.97 Å². The normalized spacial score (nSPS) is 26.4. The molecule has 1 aromatic heterocycles. The molecule has 0 radical (unpaired) electrons. The molecule has 1 saturated heterocycles. The van der Waals surface area contributed by atoms with E-state index in [-0.39, 0.29) is 12.1 Å². The van der Waals surface area contributed by atoms with Crippen LogP contribution in [0.3, 0.4) is 0 Å². The molecule has 0 amide bonds. The number of ether oxygens (including phenoxy) is 2. The first kappa shape index (κ1) is 13.4. The molecule has 1 saturated carbocycles. The van der Waals surface area contributed by atoms with Crippen molar-refractivity contribution in [3.63, 3.8) is 0 Å². The van der Waals surface area contributed by atoms with Crippen LogP contribution in [-0.2, 0) is 9.47 Å². The van der Waals surface area contributed by atoms with E-state index in [1.54, 1.807) is 12.3 Å². The fourth-order valence-electron chi connectivity index (χ4n) is 2.71. The maximum atomic E-state index is 11.4. The minimum absolute atomic E-state index is 0.219. The molecule has 2 heterocycles. The lowest BCUT2D eigenvalue weighted by atomic mass is 10.1. The molecular weight excluding hydrogens is 256 g/mol. The Kier molecular flexibility index (Phi) is 3.61. The highest BCUT2D eigenvalue weighted by molar-refractivity contribution is 5.89. The van der Waals surface area contributed by atoms with Gasteiger partial charge < -0.3 is 14.4 Å². The molecule has 108 valence electrons. The largest absolute Gasteiger partial charge is 0.465 e. The van der Waals surface area contributed by atoms with Crippen molar-refractivity contribution in [2.75, 3.05) is 25.1 Å². The molecule has 5 nitrogen and oxygen atoms in total. The molecule has 1 aliphatic heterocycles. The number of aromatic nitrogens is 1. The lowest BCUT2D eigenvalue weighted by Crippen LogP contribution is -2.47. The van der Waals surface area contributed by atoms with Crippen LogP contribution < -0.4 is 4.90 Å². The van der Waals surface area contributed by atoms with Crippen LogP contribution >= 0.6 is 0 Å². The second kappa shape index (κ2) is 5.40. The number of rotatable bonds is 3. The molecule has 20 heavy (non-hydrogen) atoms. The topological polar surface area (TPSA) is 51.7 Å². The van der Waals surface area contributed by atoms with Crippen LogP contribution in [0.25, 0.3) is 0 Å². The average molecular weight is 276 g/mol. The Labute approximate surface area is 118 Å². The van der Waals surface area contributed by atoms with Gasteiger partial charge in [0.2, 0.25) is 0 Å². The summed E-state index contributed by atoms with van der Waals surface area (Å²) >= 11 is 0. The Hall–Kier alpha value is -1.62. The first-order valence-corrected chi connectivity index (χ1v) is 7.12. The maximum absolute atomic E-state index is 11.4. The number of esters is 1. The Morgan fingerprint density at radius 1 is 1.40 bits per heavy atom. The predicted octanol–water partition coefficient (Wildman–Crippen LogP) is 1.87. The standard InChI is InChI=1S/C15H20N2O3/c1-10-8-17(9-13(20-10)11-3-4-11)14-6-5-12(7-16-14)15(18)19-2/h5-7,10-11,13H,3-4,8-9H2,1-2H3/t10-,13+/m0/s1. The number of anilines is 1. The van der Waals surface area contributed by atoms with Crippen molar-refractivity contribution in [3.8, 4) is 0 Å². The van der Waals surface area contributed by atoms with E-state index in [9.17, 15) is 4.79 Å². The number of pyridine rings is 1. The molecule has 2 aliphatic rings. The highest BCUT2D eigenvalue weighted by Gasteiger charge is 2.37. The minimum Gasteiger partial charge on any atom is -0.465 e. The zero-order chi connectivity index (χ0) is 14.1. The second-order valence-electron chi connectivity index (χ2n) is 5.62. The smallest absolute Gasteiger partial charge is 0.339 e. The third kappa shape index (κ3) is 2.77. The van der Waals surface area contributed by atoms with Crippen molar-refractivity contribution in [1.82, 2.24) is 4.98 Å². The molecule has 0 spiro atoms. The van der Waals surface area contributed by atoms with Gasteiger partial charge in [-0.25, -0.2) is 9.78 Å². The van der Waals surface area contributed by atoms with Gasteiger partial charge in [-0.3, -0.25) is 0 Å². The lowest BCUT2D eigenvalue weighted by Gasteiger charge is -2.37. The number of hydrogen-bond donors (Lipinski definition) is 0. The van der Waals surface area contributed by atoms with Crippen molar-refractivity contribution < 1.29 is 14.3 Å². The number of hydrogen-bond acceptors (Lipinski definition) is 5. The van der Waals surface area contributed by atoms with E-state index in [0.717, 1.165) is 24.8 Å². The van der Waals surface area contributed by atoms with Crippen LogP contribution in [0.5, 0.6) is 0 Å². The fourth-order valence-corrected chi connectivity index (χ4v) is 2.71. The van der Waals surface area contributed by atoms with Crippen LogP contribution in [0.15, 0.2) is 18.3 Å². The van der Waals surface area contributed by atoms with Gasteiger partial charge in [0, 0.05) is 19.3 Å². The van der Waals surface area contributed by atoms with Gasteiger partial charge in [-0.15, -0.1) is 0 Å². The van der Waals surface area contributed by atoms with Crippen LogP contribution in [0.2, 0.25) is 0 Å². The maximum Gasteiger partial charge on any atom is 0.339 e. The average Bonchev–Trinajstić information content (AvgIpc) is 3.30. The van der Waals surface area contributed by atoms with E-state index >= 15 is 0 Å². The lowest BCUT2D eigenvalue weighted by molar-refractivity contribution is -0.0273. The third-order valence-electron chi connectivity index (χ3n) is 3.93. The predicted molar refractivity (Wildman–Crippen MR) is 74.8 cm³/mol. The number of nitrogens with zero attached hydrogens (tertiary/aromatic N) is 2. The summed E-state index contributed by atoms with van der Waals surface area (Å²) in [6.45, 7) is 3.83. The Bertz CT molecular complexity index is 484. The highest BCUT2D eigenvalue weighted by Crippen LogP contribution is 2.37. The van der Waals surface area contributed by atoms with Crippen molar-refractivity contribution in [3.05, 3.63) is 23.9 Å². The zero-order valence-electron chi connectivity index (χ0n) is 11.9. The monoisotopic (exact) mass is 276 g/mol. The first-order chi connectivity index (χ1) is 9.67. The number of methoxy groups -OCH3 is 1. The van der Waals surface area contributed by atoms with Crippen LogP contribution in [0.1, 0.15) is 30.1 Å². The van der Waals surface area contributed by atoms with Gasteiger partial charge in [0.1, 0.15) is 5.82 Å². The second-order valence-corrected chi connectivity index (χ2v) is 5.62. The highest BCUT2D eigenvalue weighted by atomic mass is 16.5. The number of morpholine rings is 1. The van der Waals surface area contributed by atoms with Crippen molar-refractivity contribution >= 4 is 11.8 Å². The summed E-state index contributed by atoms with van der Waals surface area (Å²) in [5, 5.41) is 0. The number of carbonyl (C=O) groups is 1. The van der Waals surface area contributed by atoms with E-state index < -0.39 is 0 Å². The van der Waals surface area contributed by atoms with Gasteiger partial charge in [-0.1, -0.05) is 0 Å². The summed E-state index contributed by atoms with van der Waals surface area (Å²) in [5.41, 5.74) is 0.483. The van der Waals surface area contributed by atoms with E-state index in [0.29, 0.717) is 11.7 Å². The SMILES string of the molecule is COC(=O)c1ccc(N2C[C@H](C)O[C@@H](C3CC3)C2)nc1. The summed E-state index contributed by atoms with van der Waals surface area (Å²) < 4.78 is 10.7. The van der Waals surface area contributed by atoms with Crippen LogP contribution in [0.4, 0.5) is 5.82 Å². The van der Waals surface area contributed by atoms with Crippen molar-refractivity contribution in [2.24, 2.45) is 5.92 Å². The minimum atomic E-state index is -0.352. The molecule has 0 aromatic carbocycles. The molecule has 1 aromatic rings. The van der Waals surface area contributed by atoms with E-state index in [2.05, 4.69) is 21.5 Å². The molecule has 0 bridgehead atoms. The van der Waals surface area contributed by atoms with Crippen LogP contribution in [0, 0.1) is 5.92 Å². The Morgan fingerprint density at radius 2 is 2.20 bits per heavy atom. The third-order valence-corrected chi connectivity index (χ3v) is 3.93. The molecule has 5 heteroatoms. The summed E-state index contributed by atoms with van der Waals surface area (Å²) in [5.74, 6) is 1.27. The molecule has 2 atom stereocenters. The fraction of sp³-hybridized carbons (Fsp3) is 0.600. The van der Waals surface area contributed by atoms with Crippen LogP contribution in [-0.4, -0.2) is 43.4 Å². The van der Waals surface area contributed by atoms with E-state index in [1.165, 1.54) is 20.0 Å². The van der Waals surface area contributed by atoms with Crippen molar-refractivity contribution in [2.45, 2.75) is 32.0 Å². The molecule has 0 unspecified atom stereocenters. The van der Waals surface area contributed by atoms with Gasteiger partial charge in [-0.05, 0) is 37.8 Å². The van der Waals surface area contributed by atoms with E-state index in [1.807, 2.05) is 6.07 Å². The Balaban J connectivity index is 1.72. The molecule has 3 rings (SSSR count). The molecular formula is C15H20N2O3. The zero-order valence-corrected chi connectivity index (χ0v) is 11.9. The summed E-state index contributed by atoms with van der Waals surface area (Å²) in [6, 6.07) is 3.65. The van der Waals surface area contributed by atoms with Gasteiger partial charge in [0.05, 0.1) is 24.9 Å². The van der Waals surface area contributed by atoms with Crippen molar-refractivity contribution in [1.29, 1.82) is 0 Å². The summed E-state index contributed by atoms with van der Waals surface area (Å²) in [6.07, 6.45) is 4.67. The summed E-state index contributed by atoms with van der Waals surface area (Å²) in [4.78, 5) is 18.0. The van der Waals surface area contributed by atoms with Gasteiger partial charge in [0.25, 0.3) is 0 Å². The molecule has 0 N–H and O–H groups in total. The van der Waals surface area contributed by atoms with E-state index in [4.69, 9.17) is 4.74 Å². The quantitative estimate of drug-likeness (QED) is 0.789. The first-order valence-electron chi connectivity index (χ1n) is 7.12. The molecule has 1 aliphatic carbocycles. The Morgan fingerprint density at radius 3 is 2.80 bits per heavy atom. The molecule has 2 fully saturated rings. The van der Waals surface area contributed by atoms with Gasteiger partial charge in [-0.2, -0.15) is 0 Å². The van der Waals surface area contributed by atoms with Gasteiger partial charge in [0.15, 0.2) is 0 Å². The number of carbonyl (C=O) groups excluding carboxylic acids is 1. The summed E-state index contributed by atoms with van der Waals surface area (Å²) in [7, 11) is 1.38.